The number of hydrogen-bond donors (Lipinski definition) is 2. The molecule has 3 heteroatoms. The van der Waals surface area contributed by atoms with Crippen molar-refractivity contribution < 1.29 is 10.2 Å². The summed E-state index contributed by atoms with van der Waals surface area (Å²) < 4.78 is 0. The molecular formula is C14H21NO2. The van der Waals surface area contributed by atoms with Crippen molar-refractivity contribution in [2.45, 2.75) is 37.9 Å². The molecule has 3 nitrogen and oxygen atoms in total. The van der Waals surface area contributed by atoms with E-state index in [4.69, 9.17) is 0 Å². The summed E-state index contributed by atoms with van der Waals surface area (Å²) in [5, 5.41) is 19.0. The number of likely N-dealkylation sites (tertiary alicyclic amines) is 1. The zero-order valence-electron chi connectivity index (χ0n) is 10.3. The molecule has 0 saturated carbocycles. The van der Waals surface area contributed by atoms with Crippen molar-refractivity contribution in [3.63, 3.8) is 0 Å². The summed E-state index contributed by atoms with van der Waals surface area (Å²) >= 11 is 0. The summed E-state index contributed by atoms with van der Waals surface area (Å²) in [5.41, 5.74) is 1.04. The summed E-state index contributed by atoms with van der Waals surface area (Å²) in [6.45, 7) is 3.19. The van der Waals surface area contributed by atoms with Gasteiger partial charge in [-0.3, -0.25) is 4.90 Å². The molecule has 0 amide bonds. The van der Waals surface area contributed by atoms with Gasteiger partial charge in [-0.1, -0.05) is 30.3 Å². The van der Waals surface area contributed by atoms with Crippen LogP contribution in [-0.4, -0.2) is 39.9 Å². The fourth-order valence-electron chi connectivity index (χ4n) is 2.68. The van der Waals surface area contributed by atoms with Crippen LogP contribution in [0.2, 0.25) is 0 Å². The maximum atomic E-state index is 9.56. The van der Waals surface area contributed by atoms with Crippen molar-refractivity contribution in [2.75, 3.05) is 13.2 Å². The lowest BCUT2D eigenvalue weighted by Crippen LogP contribution is -2.48. The van der Waals surface area contributed by atoms with Gasteiger partial charge in [0, 0.05) is 18.1 Å². The van der Waals surface area contributed by atoms with E-state index in [1.807, 2.05) is 18.2 Å². The molecule has 1 heterocycles. The van der Waals surface area contributed by atoms with Crippen LogP contribution in [0.25, 0.3) is 0 Å². The lowest BCUT2D eigenvalue weighted by molar-refractivity contribution is 0.0307. The van der Waals surface area contributed by atoms with Crippen LogP contribution in [0.1, 0.15) is 25.3 Å². The monoisotopic (exact) mass is 235 g/mol. The van der Waals surface area contributed by atoms with E-state index in [0.29, 0.717) is 0 Å². The fraction of sp³-hybridized carbons (Fsp3) is 0.571. The maximum Gasteiger partial charge on any atom is 0.0613 e. The molecule has 0 unspecified atom stereocenters. The molecule has 94 valence electrons. The third-order valence-corrected chi connectivity index (χ3v) is 3.90. The third-order valence-electron chi connectivity index (χ3n) is 3.90. The predicted octanol–water partition coefficient (Wildman–Crippen LogP) is 1.39. The Morgan fingerprint density at radius 3 is 2.59 bits per heavy atom. The van der Waals surface area contributed by atoms with Crippen molar-refractivity contribution >= 4 is 0 Å². The Balaban J connectivity index is 2.15. The van der Waals surface area contributed by atoms with Crippen molar-refractivity contribution in [1.29, 1.82) is 0 Å². The van der Waals surface area contributed by atoms with E-state index in [9.17, 15) is 10.2 Å². The van der Waals surface area contributed by atoms with Crippen molar-refractivity contribution in [3.8, 4) is 0 Å². The molecule has 1 aliphatic heterocycles. The highest BCUT2D eigenvalue weighted by Crippen LogP contribution is 2.34. The molecule has 2 atom stereocenters. The van der Waals surface area contributed by atoms with Gasteiger partial charge in [-0.25, -0.2) is 0 Å². The highest BCUT2D eigenvalue weighted by atomic mass is 16.3. The summed E-state index contributed by atoms with van der Waals surface area (Å²) in [6.07, 6.45) is 1.90. The fourth-order valence-corrected chi connectivity index (χ4v) is 2.68. The van der Waals surface area contributed by atoms with E-state index < -0.39 is 0 Å². The molecule has 2 N–H and O–H groups in total. The molecule has 0 spiro atoms. The number of rotatable bonds is 4. The van der Waals surface area contributed by atoms with Gasteiger partial charge < -0.3 is 10.2 Å². The lowest BCUT2D eigenvalue weighted by Gasteiger charge is -2.36. The Labute approximate surface area is 103 Å². The highest BCUT2D eigenvalue weighted by Gasteiger charge is 2.41. The van der Waals surface area contributed by atoms with Crippen molar-refractivity contribution in [1.82, 2.24) is 4.90 Å². The van der Waals surface area contributed by atoms with Crippen LogP contribution in [-0.2, 0) is 6.54 Å². The average molecular weight is 235 g/mol. The second kappa shape index (κ2) is 5.17. The first kappa shape index (κ1) is 12.6. The molecule has 1 aromatic rings. The quantitative estimate of drug-likeness (QED) is 0.829. The van der Waals surface area contributed by atoms with Crippen molar-refractivity contribution in [2.24, 2.45) is 0 Å². The van der Waals surface area contributed by atoms with Gasteiger partial charge in [0.1, 0.15) is 0 Å². The highest BCUT2D eigenvalue weighted by molar-refractivity contribution is 5.16. The zero-order chi connectivity index (χ0) is 12.3. The molecular weight excluding hydrogens is 214 g/mol. The molecule has 0 bridgehead atoms. The molecule has 0 aliphatic carbocycles. The van der Waals surface area contributed by atoms with Crippen LogP contribution in [0.4, 0.5) is 0 Å². The number of aliphatic hydroxyl groups is 2. The number of nitrogens with zero attached hydrogens (tertiary/aromatic N) is 1. The zero-order valence-corrected chi connectivity index (χ0v) is 10.3. The summed E-state index contributed by atoms with van der Waals surface area (Å²) in [6, 6.07) is 10.4. The van der Waals surface area contributed by atoms with Crippen LogP contribution in [0, 0.1) is 0 Å². The average Bonchev–Trinajstić information content (AvgIpc) is 2.69. The smallest absolute Gasteiger partial charge is 0.0613 e. The van der Waals surface area contributed by atoms with Crippen LogP contribution >= 0.6 is 0 Å². The van der Waals surface area contributed by atoms with Gasteiger partial charge in [0.25, 0.3) is 0 Å². The second-order valence-electron chi connectivity index (χ2n) is 5.14. The number of hydrogen-bond acceptors (Lipinski definition) is 3. The van der Waals surface area contributed by atoms with Gasteiger partial charge >= 0.3 is 0 Å². The molecule has 0 aromatic heterocycles. The SMILES string of the molecule is C[C@@]1(CO)CC[C@H](CO)N1Cc1ccccc1. The van der Waals surface area contributed by atoms with Gasteiger partial charge in [-0.2, -0.15) is 0 Å². The standard InChI is InChI=1S/C14H21NO2/c1-14(11-17)8-7-13(10-16)15(14)9-12-5-3-2-4-6-12/h2-6,13,16-17H,7-11H2,1H3/t13-,14+/m1/s1. The van der Waals surface area contributed by atoms with Gasteiger partial charge in [0.2, 0.25) is 0 Å². The molecule has 1 aromatic carbocycles. The van der Waals surface area contributed by atoms with Gasteiger partial charge in [0.05, 0.1) is 13.2 Å². The van der Waals surface area contributed by atoms with E-state index in [1.54, 1.807) is 0 Å². The third kappa shape index (κ3) is 2.51. The minimum absolute atomic E-state index is 0.149. The van der Waals surface area contributed by atoms with E-state index in [1.165, 1.54) is 5.56 Å². The Morgan fingerprint density at radius 2 is 2.00 bits per heavy atom. The molecule has 17 heavy (non-hydrogen) atoms. The minimum atomic E-state index is -0.191. The van der Waals surface area contributed by atoms with Crippen LogP contribution < -0.4 is 0 Å². The molecule has 0 radical (unpaired) electrons. The summed E-state index contributed by atoms with van der Waals surface area (Å²) in [5.74, 6) is 0. The first-order chi connectivity index (χ1) is 8.19. The Kier molecular flexibility index (Phi) is 3.82. The number of benzene rings is 1. The molecule has 1 saturated heterocycles. The maximum absolute atomic E-state index is 9.56. The van der Waals surface area contributed by atoms with Gasteiger partial charge in [-0.05, 0) is 25.3 Å². The van der Waals surface area contributed by atoms with E-state index in [2.05, 4.69) is 24.0 Å². The van der Waals surface area contributed by atoms with Gasteiger partial charge in [-0.15, -0.1) is 0 Å². The van der Waals surface area contributed by atoms with Crippen LogP contribution in [0.5, 0.6) is 0 Å². The topological polar surface area (TPSA) is 43.7 Å². The molecule has 1 fully saturated rings. The van der Waals surface area contributed by atoms with Gasteiger partial charge in [0.15, 0.2) is 0 Å². The normalized spacial score (nSPS) is 29.7. The Bertz CT molecular complexity index is 354. The molecule has 2 rings (SSSR count). The van der Waals surface area contributed by atoms with Crippen LogP contribution in [0.3, 0.4) is 0 Å². The first-order valence-corrected chi connectivity index (χ1v) is 6.22. The predicted molar refractivity (Wildman–Crippen MR) is 67.6 cm³/mol. The molecule has 1 aliphatic rings. The second-order valence-corrected chi connectivity index (χ2v) is 5.14. The summed E-state index contributed by atoms with van der Waals surface area (Å²) in [7, 11) is 0. The summed E-state index contributed by atoms with van der Waals surface area (Å²) in [4.78, 5) is 2.24. The Hall–Kier alpha value is -0.900. The Morgan fingerprint density at radius 1 is 1.29 bits per heavy atom. The first-order valence-electron chi connectivity index (χ1n) is 6.22. The lowest BCUT2D eigenvalue weighted by atomic mass is 10.00. The van der Waals surface area contributed by atoms with E-state index in [0.717, 1.165) is 19.4 Å². The number of aliphatic hydroxyl groups excluding tert-OH is 2. The van der Waals surface area contributed by atoms with Crippen molar-refractivity contribution in [3.05, 3.63) is 35.9 Å². The largest absolute Gasteiger partial charge is 0.395 e. The minimum Gasteiger partial charge on any atom is -0.395 e. The van der Waals surface area contributed by atoms with Crippen LogP contribution in [0.15, 0.2) is 30.3 Å². The van der Waals surface area contributed by atoms with E-state index in [-0.39, 0.29) is 24.8 Å². The van der Waals surface area contributed by atoms with E-state index >= 15 is 0 Å².